The Morgan fingerprint density at radius 2 is 1.64 bits per heavy atom. The van der Waals surface area contributed by atoms with Gasteiger partial charge in [0.05, 0.1) is 18.2 Å². The highest BCUT2D eigenvalue weighted by molar-refractivity contribution is 5.55. The smallest absolute Gasteiger partial charge is 0.399 e. The second-order valence-electron chi connectivity index (χ2n) is 6.13. The van der Waals surface area contributed by atoms with Crippen LogP contribution in [0.3, 0.4) is 0 Å². The van der Waals surface area contributed by atoms with E-state index in [9.17, 15) is 18.3 Å². The Kier molecular flexibility index (Phi) is 5.59. The van der Waals surface area contributed by atoms with Gasteiger partial charge in [0, 0.05) is 23.8 Å². The Bertz CT molecular complexity index is 686. The minimum Gasteiger partial charge on any atom is -0.399 e. The van der Waals surface area contributed by atoms with Gasteiger partial charge in [0.25, 0.3) is 0 Å². The predicted molar refractivity (Wildman–Crippen MR) is 92.9 cm³/mol. The van der Waals surface area contributed by atoms with Crippen LogP contribution in [-0.4, -0.2) is 24.3 Å². The molecule has 1 aliphatic rings. The molecule has 4 nitrogen and oxygen atoms in total. The van der Waals surface area contributed by atoms with Gasteiger partial charge < -0.3 is 21.9 Å². The van der Waals surface area contributed by atoms with E-state index >= 15 is 0 Å². The van der Waals surface area contributed by atoms with Crippen molar-refractivity contribution in [3.63, 3.8) is 0 Å². The molecular weight excluding hydrogens is 331 g/mol. The average Bonchev–Trinajstić information content (AvgIpc) is 2.99. The Morgan fingerprint density at radius 1 is 1.04 bits per heavy atom. The molecule has 1 unspecified atom stereocenters. The van der Waals surface area contributed by atoms with E-state index in [1.165, 1.54) is 12.1 Å². The van der Waals surface area contributed by atoms with Crippen molar-refractivity contribution in [3.8, 4) is 0 Å². The number of aliphatic hydroxyl groups excluding tert-OH is 1. The monoisotopic (exact) mass is 353 g/mol. The zero-order valence-electron chi connectivity index (χ0n) is 13.7. The highest BCUT2D eigenvalue weighted by Gasteiger charge is 2.34. The third-order valence-electron chi connectivity index (χ3n) is 4.56. The topological polar surface area (TPSA) is 84.5 Å². The van der Waals surface area contributed by atoms with Gasteiger partial charge in [-0.25, -0.2) is 0 Å². The molecule has 3 rings (SSSR count). The first kappa shape index (κ1) is 19.1. The molecule has 2 aromatic rings. The number of nitrogens with zero attached hydrogens (tertiary/aromatic N) is 1. The number of nitrogen functional groups attached to an aromatic ring is 1. The second kappa shape index (κ2) is 7.33. The standard InChI is InChI=1S/C18H19F3N2O.H3N/c19-18(20,21)14-3-1-12(2-4-14)13-9-17(11-24)23(10-13)16-7-5-15(22)6-8-16;/h1-8,13,17,24H,9-11,22H2;1H3/t13?,17-;/m0./s1. The summed E-state index contributed by atoms with van der Waals surface area (Å²) >= 11 is 0. The molecule has 2 aromatic carbocycles. The summed E-state index contributed by atoms with van der Waals surface area (Å²) < 4.78 is 38.0. The maximum Gasteiger partial charge on any atom is 0.416 e. The van der Waals surface area contributed by atoms with Gasteiger partial charge in [-0.05, 0) is 48.4 Å². The molecule has 1 fully saturated rings. The van der Waals surface area contributed by atoms with Crippen molar-refractivity contribution < 1.29 is 18.3 Å². The van der Waals surface area contributed by atoms with Crippen molar-refractivity contribution >= 4 is 11.4 Å². The van der Waals surface area contributed by atoms with Crippen LogP contribution in [0.1, 0.15) is 23.5 Å². The lowest BCUT2D eigenvalue weighted by Gasteiger charge is -2.25. The molecule has 7 heteroatoms. The van der Waals surface area contributed by atoms with Crippen molar-refractivity contribution in [3.05, 3.63) is 59.7 Å². The van der Waals surface area contributed by atoms with Gasteiger partial charge in [0.15, 0.2) is 0 Å². The summed E-state index contributed by atoms with van der Waals surface area (Å²) in [6.07, 6.45) is -3.62. The summed E-state index contributed by atoms with van der Waals surface area (Å²) in [6, 6.07) is 12.7. The predicted octanol–water partition coefficient (Wildman–Crippen LogP) is 3.80. The third-order valence-corrected chi connectivity index (χ3v) is 4.56. The fourth-order valence-electron chi connectivity index (χ4n) is 3.26. The molecule has 1 heterocycles. The molecule has 1 saturated heterocycles. The number of nitrogens with two attached hydrogens (primary N) is 1. The number of alkyl halides is 3. The largest absolute Gasteiger partial charge is 0.416 e. The van der Waals surface area contributed by atoms with Crippen LogP contribution in [0.25, 0.3) is 0 Å². The fraction of sp³-hybridized carbons (Fsp3) is 0.333. The molecule has 0 spiro atoms. The first-order valence-corrected chi connectivity index (χ1v) is 7.78. The van der Waals surface area contributed by atoms with Crippen LogP contribution in [-0.2, 0) is 6.18 Å². The van der Waals surface area contributed by atoms with Crippen LogP contribution in [0.2, 0.25) is 0 Å². The van der Waals surface area contributed by atoms with Gasteiger partial charge in [-0.2, -0.15) is 13.2 Å². The summed E-state index contributed by atoms with van der Waals surface area (Å²) in [7, 11) is 0. The van der Waals surface area contributed by atoms with E-state index in [0.29, 0.717) is 18.7 Å². The quantitative estimate of drug-likeness (QED) is 0.733. The van der Waals surface area contributed by atoms with Gasteiger partial charge >= 0.3 is 6.18 Å². The number of benzene rings is 2. The van der Waals surface area contributed by atoms with Gasteiger partial charge in [-0.15, -0.1) is 0 Å². The number of aliphatic hydroxyl groups is 1. The zero-order chi connectivity index (χ0) is 17.3. The molecule has 1 aliphatic heterocycles. The molecule has 0 saturated carbocycles. The minimum atomic E-state index is -4.32. The van der Waals surface area contributed by atoms with Crippen LogP contribution in [0.15, 0.2) is 48.5 Å². The fourth-order valence-corrected chi connectivity index (χ4v) is 3.26. The van der Waals surface area contributed by atoms with Crippen LogP contribution < -0.4 is 16.8 Å². The maximum absolute atomic E-state index is 12.7. The summed E-state index contributed by atoms with van der Waals surface area (Å²) in [4.78, 5) is 2.09. The maximum atomic E-state index is 12.7. The molecular formula is C18H22F3N3O. The van der Waals surface area contributed by atoms with E-state index in [-0.39, 0.29) is 24.7 Å². The summed E-state index contributed by atoms with van der Waals surface area (Å²) in [6.45, 7) is 0.655. The Hall–Kier alpha value is -2.25. The van der Waals surface area contributed by atoms with Crippen molar-refractivity contribution in [1.82, 2.24) is 6.15 Å². The lowest BCUT2D eigenvalue weighted by Crippen LogP contribution is -2.32. The van der Waals surface area contributed by atoms with E-state index in [2.05, 4.69) is 4.90 Å². The molecule has 0 aromatic heterocycles. The zero-order valence-corrected chi connectivity index (χ0v) is 13.7. The lowest BCUT2D eigenvalue weighted by atomic mass is 9.95. The van der Waals surface area contributed by atoms with E-state index in [1.54, 1.807) is 12.1 Å². The minimum absolute atomic E-state index is 0. The Balaban J connectivity index is 0.00000225. The van der Waals surface area contributed by atoms with Crippen molar-refractivity contribution in [1.29, 1.82) is 0 Å². The number of hydrogen-bond acceptors (Lipinski definition) is 4. The van der Waals surface area contributed by atoms with Gasteiger partial charge in [0.1, 0.15) is 0 Å². The Morgan fingerprint density at radius 3 is 2.16 bits per heavy atom. The molecule has 136 valence electrons. The van der Waals surface area contributed by atoms with Crippen molar-refractivity contribution in [2.24, 2.45) is 0 Å². The number of halogens is 3. The van der Waals surface area contributed by atoms with E-state index < -0.39 is 11.7 Å². The number of hydrogen-bond donors (Lipinski definition) is 3. The first-order valence-electron chi connectivity index (χ1n) is 7.78. The second-order valence-corrected chi connectivity index (χ2v) is 6.13. The SMILES string of the molecule is N.Nc1ccc(N2CC(c3ccc(C(F)(F)F)cc3)C[C@H]2CO)cc1. The van der Waals surface area contributed by atoms with Crippen LogP contribution in [0.4, 0.5) is 24.5 Å². The van der Waals surface area contributed by atoms with Crippen LogP contribution >= 0.6 is 0 Å². The molecule has 0 amide bonds. The Labute approximate surface area is 144 Å². The van der Waals surface area contributed by atoms with Gasteiger partial charge in [-0.3, -0.25) is 0 Å². The van der Waals surface area contributed by atoms with Gasteiger partial charge in [-0.1, -0.05) is 12.1 Å². The summed E-state index contributed by atoms with van der Waals surface area (Å²) in [5.41, 5.74) is 7.54. The molecule has 0 aliphatic carbocycles. The number of rotatable bonds is 3. The van der Waals surface area contributed by atoms with Gasteiger partial charge in [0.2, 0.25) is 0 Å². The lowest BCUT2D eigenvalue weighted by molar-refractivity contribution is -0.137. The summed E-state index contributed by atoms with van der Waals surface area (Å²) in [5.74, 6) is 0.0852. The van der Waals surface area contributed by atoms with Crippen molar-refractivity contribution in [2.75, 3.05) is 23.8 Å². The average molecular weight is 353 g/mol. The normalized spacial score (nSPS) is 20.4. The molecule has 25 heavy (non-hydrogen) atoms. The van der Waals surface area contributed by atoms with Crippen molar-refractivity contribution in [2.45, 2.75) is 24.6 Å². The first-order chi connectivity index (χ1) is 11.4. The third kappa shape index (κ3) is 4.05. The van der Waals surface area contributed by atoms with E-state index in [1.807, 2.05) is 12.1 Å². The van der Waals surface area contributed by atoms with Crippen LogP contribution in [0, 0.1) is 0 Å². The number of anilines is 2. The molecule has 2 atom stereocenters. The highest BCUT2D eigenvalue weighted by Crippen LogP contribution is 2.36. The molecule has 0 bridgehead atoms. The molecule has 6 N–H and O–H groups in total. The summed E-state index contributed by atoms with van der Waals surface area (Å²) in [5, 5.41) is 9.65. The van der Waals surface area contributed by atoms with E-state index in [4.69, 9.17) is 5.73 Å². The highest BCUT2D eigenvalue weighted by atomic mass is 19.4. The van der Waals surface area contributed by atoms with E-state index in [0.717, 1.165) is 23.4 Å². The molecule has 0 radical (unpaired) electrons. The van der Waals surface area contributed by atoms with Crippen LogP contribution in [0.5, 0.6) is 0 Å².